The van der Waals surface area contributed by atoms with Crippen molar-refractivity contribution in [2.45, 2.75) is 19.9 Å². The largest absolute Gasteiger partial charge is 0.493 e. The van der Waals surface area contributed by atoms with Crippen molar-refractivity contribution in [1.29, 1.82) is 0 Å². The third-order valence-corrected chi connectivity index (χ3v) is 5.50. The second-order valence-electron chi connectivity index (χ2n) is 7.53. The molecule has 0 N–H and O–H groups in total. The lowest BCUT2D eigenvalue weighted by atomic mass is 9.98. The second-order valence-corrected chi connectivity index (χ2v) is 7.53. The maximum absolute atomic E-state index is 13.9. The molecule has 1 aliphatic rings. The quantitative estimate of drug-likeness (QED) is 0.445. The number of hydrogen-bond acceptors (Lipinski definition) is 7. The van der Waals surface area contributed by atoms with E-state index < -0.39 is 23.2 Å². The highest BCUT2D eigenvalue weighted by Crippen LogP contribution is 2.43. The van der Waals surface area contributed by atoms with Crippen LogP contribution < -0.4 is 19.8 Å². The van der Waals surface area contributed by atoms with Gasteiger partial charge in [-0.15, -0.1) is 0 Å². The number of benzene rings is 2. The number of hydrogen-bond donors (Lipinski definition) is 0. The number of anilines is 1. The van der Waals surface area contributed by atoms with Crippen molar-refractivity contribution in [3.63, 3.8) is 0 Å². The van der Waals surface area contributed by atoms with Gasteiger partial charge in [0.05, 0.1) is 30.7 Å². The average Bonchev–Trinajstić information content (AvgIpc) is 3.36. The number of methoxy groups -OCH3 is 1. The van der Waals surface area contributed by atoms with E-state index in [9.17, 15) is 14.0 Å². The van der Waals surface area contributed by atoms with E-state index in [2.05, 4.69) is 5.16 Å². The third-order valence-electron chi connectivity index (χ3n) is 5.50. The van der Waals surface area contributed by atoms with Crippen molar-refractivity contribution >= 4 is 22.7 Å². The Morgan fingerprint density at radius 1 is 1.12 bits per heavy atom. The molecule has 0 saturated heterocycles. The summed E-state index contributed by atoms with van der Waals surface area (Å²) in [4.78, 5) is 28.3. The number of amides is 1. The van der Waals surface area contributed by atoms with Crippen LogP contribution in [0.15, 0.2) is 56.2 Å². The van der Waals surface area contributed by atoms with Crippen molar-refractivity contribution in [3.05, 3.63) is 81.2 Å². The Morgan fingerprint density at radius 2 is 1.94 bits per heavy atom. The van der Waals surface area contributed by atoms with Gasteiger partial charge in [-0.05, 0) is 49.7 Å². The molecule has 1 aliphatic heterocycles. The van der Waals surface area contributed by atoms with Crippen molar-refractivity contribution in [2.24, 2.45) is 0 Å². The normalized spacial score (nSPS) is 15.2. The summed E-state index contributed by atoms with van der Waals surface area (Å²) >= 11 is 0. The summed E-state index contributed by atoms with van der Waals surface area (Å²) < 4.78 is 36.0. The molecule has 2 aromatic carbocycles. The summed E-state index contributed by atoms with van der Waals surface area (Å²) in [5, 5.41) is 4.02. The Hall–Kier alpha value is -4.14. The van der Waals surface area contributed by atoms with Gasteiger partial charge in [0.1, 0.15) is 17.2 Å². The lowest BCUT2D eigenvalue weighted by Gasteiger charge is -2.23. The molecule has 33 heavy (non-hydrogen) atoms. The smallest absolute Gasteiger partial charge is 0.296 e. The zero-order chi connectivity index (χ0) is 23.3. The molecule has 0 radical (unpaired) electrons. The van der Waals surface area contributed by atoms with E-state index in [-0.39, 0.29) is 28.1 Å². The van der Waals surface area contributed by atoms with Crippen LogP contribution in [0.1, 0.15) is 40.4 Å². The molecule has 9 heteroatoms. The Kier molecular flexibility index (Phi) is 4.88. The summed E-state index contributed by atoms with van der Waals surface area (Å²) in [7, 11) is 1.50. The molecule has 0 unspecified atom stereocenters. The molecule has 0 saturated carbocycles. The molecule has 4 aromatic rings. The van der Waals surface area contributed by atoms with Crippen LogP contribution in [0.2, 0.25) is 0 Å². The van der Waals surface area contributed by atoms with Gasteiger partial charge in [0.2, 0.25) is 5.76 Å². The van der Waals surface area contributed by atoms with Gasteiger partial charge in [-0.2, -0.15) is 0 Å². The molecular weight excluding hydrogens is 431 g/mol. The number of carbonyl (C=O) groups is 1. The molecule has 3 heterocycles. The van der Waals surface area contributed by atoms with Crippen LogP contribution in [0.3, 0.4) is 0 Å². The Labute approximate surface area is 187 Å². The number of nitrogens with zero attached hydrogens (tertiary/aromatic N) is 2. The molecule has 5 rings (SSSR count). The molecule has 1 atom stereocenters. The van der Waals surface area contributed by atoms with E-state index >= 15 is 0 Å². The highest BCUT2D eigenvalue weighted by Gasteiger charge is 2.45. The van der Waals surface area contributed by atoms with Crippen LogP contribution in [-0.4, -0.2) is 24.8 Å². The number of rotatable bonds is 5. The van der Waals surface area contributed by atoms with E-state index in [1.54, 1.807) is 31.2 Å². The molecule has 0 fully saturated rings. The first-order valence-electron chi connectivity index (χ1n) is 10.3. The number of halogens is 1. The highest BCUT2D eigenvalue weighted by atomic mass is 19.1. The molecular formula is C24H19FN2O6. The SMILES string of the molecule is CCOc1ccc([C@H]2c3c(oc4ccc(F)cc4c3=O)C(=O)N2c2cc(C)on2)cc1OC. The van der Waals surface area contributed by atoms with Crippen molar-refractivity contribution in [1.82, 2.24) is 5.16 Å². The van der Waals surface area contributed by atoms with E-state index in [4.69, 9.17) is 18.4 Å². The summed E-state index contributed by atoms with van der Waals surface area (Å²) in [5.41, 5.74) is 0.269. The zero-order valence-electron chi connectivity index (χ0n) is 18.0. The number of aromatic nitrogens is 1. The summed E-state index contributed by atoms with van der Waals surface area (Å²) in [6, 6.07) is 9.42. The van der Waals surface area contributed by atoms with E-state index in [0.29, 0.717) is 29.4 Å². The van der Waals surface area contributed by atoms with Crippen LogP contribution >= 0.6 is 0 Å². The second kappa shape index (κ2) is 7.77. The van der Waals surface area contributed by atoms with Gasteiger partial charge >= 0.3 is 0 Å². The number of fused-ring (bicyclic) bond motifs is 2. The first-order valence-corrected chi connectivity index (χ1v) is 10.3. The van der Waals surface area contributed by atoms with Gasteiger partial charge in [-0.3, -0.25) is 14.5 Å². The van der Waals surface area contributed by atoms with Crippen molar-refractivity contribution < 1.29 is 27.6 Å². The predicted octanol–water partition coefficient (Wildman–Crippen LogP) is 4.39. The van der Waals surface area contributed by atoms with Gasteiger partial charge in [0.15, 0.2) is 22.7 Å². The van der Waals surface area contributed by atoms with Gasteiger partial charge in [0.25, 0.3) is 5.91 Å². The van der Waals surface area contributed by atoms with Crippen LogP contribution in [0.5, 0.6) is 11.5 Å². The van der Waals surface area contributed by atoms with Crippen LogP contribution in [0.4, 0.5) is 10.2 Å². The van der Waals surface area contributed by atoms with Crippen LogP contribution in [0.25, 0.3) is 11.0 Å². The fourth-order valence-electron chi connectivity index (χ4n) is 4.09. The minimum Gasteiger partial charge on any atom is -0.493 e. The molecule has 2 aromatic heterocycles. The van der Waals surface area contributed by atoms with Crippen LogP contribution in [-0.2, 0) is 0 Å². The predicted molar refractivity (Wildman–Crippen MR) is 116 cm³/mol. The van der Waals surface area contributed by atoms with E-state index in [1.165, 1.54) is 24.1 Å². The van der Waals surface area contributed by atoms with Gasteiger partial charge in [-0.25, -0.2) is 4.39 Å². The molecule has 168 valence electrons. The summed E-state index contributed by atoms with van der Waals surface area (Å²) in [5.74, 6) is 0.395. The number of carbonyl (C=O) groups excluding carboxylic acids is 1. The monoisotopic (exact) mass is 450 g/mol. The van der Waals surface area contributed by atoms with E-state index in [0.717, 1.165) is 6.07 Å². The Morgan fingerprint density at radius 3 is 2.64 bits per heavy atom. The number of aryl methyl sites for hydroxylation is 1. The van der Waals surface area contributed by atoms with Crippen LogP contribution in [0, 0.1) is 12.7 Å². The first-order chi connectivity index (χ1) is 15.9. The highest BCUT2D eigenvalue weighted by molar-refractivity contribution is 6.10. The van der Waals surface area contributed by atoms with Crippen molar-refractivity contribution in [2.75, 3.05) is 18.6 Å². The maximum atomic E-state index is 13.9. The lowest BCUT2D eigenvalue weighted by molar-refractivity contribution is 0.0969. The average molecular weight is 450 g/mol. The summed E-state index contributed by atoms with van der Waals surface area (Å²) in [6.45, 7) is 3.98. The van der Waals surface area contributed by atoms with Gasteiger partial charge in [-0.1, -0.05) is 11.2 Å². The van der Waals surface area contributed by atoms with Gasteiger partial charge in [0, 0.05) is 6.07 Å². The lowest BCUT2D eigenvalue weighted by Crippen LogP contribution is -2.29. The zero-order valence-corrected chi connectivity index (χ0v) is 18.0. The summed E-state index contributed by atoms with van der Waals surface area (Å²) in [6.07, 6.45) is 0. The van der Waals surface area contributed by atoms with E-state index in [1.807, 2.05) is 6.92 Å². The fraction of sp³-hybridized carbons (Fsp3) is 0.208. The number of ether oxygens (including phenoxy) is 2. The molecule has 0 bridgehead atoms. The molecule has 8 nitrogen and oxygen atoms in total. The fourth-order valence-corrected chi connectivity index (χ4v) is 4.09. The van der Waals surface area contributed by atoms with Crippen molar-refractivity contribution in [3.8, 4) is 11.5 Å². The minimum atomic E-state index is -0.898. The molecule has 0 spiro atoms. The topological polar surface area (TPSA) is 95.0 Å². The Balaban J connectivity index is 1.79. The minimum absolute atomic E-state index is 0.0441. The Bertz CT molecular complexity index is 1460. The molecule has 1 amide bonds. The third kappa shape index (κ3) is 3.24. The first kappa shape index (κ1) is 20.7. The standard InChI is InChI=1S/C24H19FN2O6/c1-4-31-17-7-5-13(10-18(17)30-3)21-20-22(28)15-11-14(25)6-8-16(15)32-23(20)24(29)27(21)19-9-12(2)33-26-19/h5-11,21H,4H2,1-3H3/t21-/m0/s1. The van der Waals surface area contributed by atoms with Gasteiger partial charge < -0.3 is 18.4 Å². The molecule has 0 aliphatic carbocycles. The maximum Gasteiger partial charge on any atom is 0.296 e.